The van der Waals surface area contributed by atoms with Crippen molar-refractivity contribution in [2.45, 2.75) is 20.4 Å². The van der Waals surface area contributed by atoms with E-state index < -0.39 is 0 Å². The molecule has 0 saturated heterocycles. The van der Waals surface area contributed by atoms with E-state index in [1.54, 1.807) is 29.7 Å². The third-order valence-electron chi connectivity index (χ3n) is 4.09. The van der Waals surface area contributed by atoms with Gasteiger partial charge in [0.1, 0.15) is 18.1 Å². The molecule has 0 aliphatic carbocycles. The second-order valence-electron chi connectivity index (χ2n) is 5.87. The summed E-state index contributed by atoms with van der Waals surface area (Å²) in [7, 11) is 0. The highest BCUT2D eigenvalue weighted by Gasteiger charge is 2.11. The van der Waals surface area contributed by atoms with Crippen LogP contribution in [-0.4, -0.2) is 28.6 Å². The summed E-state index contributed by atoms with van der Waals surface area (Å²) in [5, 5.41) is 2.83. The molecule has 3 rings (SSSR count). The van der Waals surface area contributed by atoms with Gasteiger partial charge >= 0.3 is 0 Å². The van der Waals surface area contributed by atoms with E-state index in [9.17, 15) is 9.59 Å². The first-order valence-electron chi connectivity index (χ1n) is 8.57. The van der Waals surface area contributed by atoms with Crippen molar-refractivity contribution >= 4 is 16.9 Å². The number of fused-ring (bicyclic) bond motifs is 1. The molecule has 0 radical (unpaired) electrons. The Kier molecular flexibility index (Phi) is 5.31. The van der Waals surface area contributed by atoms with Crippen molar-refractivity contribution in [3.05, 3.63) is 70.1 Å². The van der Waals surface area contributed by atoms with Crippen LogP contribution in [0.2, 0.25) is 0 Å². The molecule has 0 unspecified atom stereocenters. The van der Waals surface area contributed by atoms with Crippen LogP contribution in [0.15, 0.2) is 53.3 Å². The number of carbonyl (C=O) groups is 1. The lowest BCUT2D eigenvalue weighted by molar-refractivity contribution is 0.0947. The van der Waals surface area contributed by atoms with E-state index in [1.165, 1.54) is 0 Å². The largest absolute Gasteiger partial charge is 0.492 e. The Bertz CT molecular complexity index is 981. The van der Waals surface area contributed by atoms with Crippen LogP contribution in [0, 0.1) is 6.92 Å². The summed E-state index contributed by atoms with van der Waals surface area (Å²) in [6.45, 7) is 4.93. The fraction of sp³-hybridized carbons (Fsp3) is 0.250. The van der Waals surface area contributed by atoms with Gasteiger partial charge in [-0.15, -0.1) is 0 Å². The topological polar surface area (TPSA) is 73.2 Å². The third-order valence-corrected chi connectivity index (χ3v) is 4.09. The van der Waals surface area contributed by atoms with Gasteiger partial charge in [-0.1, -0.05) is 18.2 Å². The Morgan fingerprint density at radius 1 is 1.19 bits per heavy atom. The zero-order valence-electron chi connectivity index (χ0n) is 14.9. The first-order valence-corrected chi connectivity index (χ1v) is 8.57. The molecule has 6 heteroatoms. The molecule has 0 saturated carbocycles. The molecule has 26 heavy (non-hydrogen) atoms. The lowest BCUT2D eigenvalue weighted by atomic mass is 10.1. The van der Waals surface area contributed by atoms with Crippen LogP contribution >= 0.6 is 0 Å². The predicted octanol–water partition coefficient (Wildman–Crippen LogP) is 2.53. The molecule has 0 atom stereocenters. The number of hydrogen-bond acceptors (Lipinski definition) is 4. The maximum atomic E-state index is 12.3. The zero-order chi connectivity index (χ0) is 18.5. The van der Waals surface area contributed by atoms with Gasteiger partial charge < -0.3 is 14.6 Å². The van der Waals surface area contributed by atoms with Gasteiger partial charge in [-0.05, 0) is 44.2 Å². The minimum Gasteiger partial charge on any atom is -0.492 e. The van der Waals surface area contributed by atoms with Gasteiger partial charge in [0.05, 0.1) is 17.6 Å². The molecule has 6 nitrogen and oxygen atoms in total. The molecule has 1 aromatic heterocycles. The van der Waals surface area contributed by atoms with Gasteiger partial charge in [0.15, 0.2) is 0 Å². The van der Waals surface area contributed by atoms with Crippen LogP contribution in [0.25, 0.3) is 11.0 Å². The molecule has 2 aromatic carbocycles. The van der Waals surface area contributed by atoms with Crippen molar-refractivity contribution in [2.24, 2.45) is 0 Å². The monoisotopic (exact) mass is 351 g/mol. The fourth-order valence-corrected chi connectivity index (χ4v) is 2.78. The number of benzene rings is 2. The van der Waals surface area contributed by atoms with Crippen LogP contribution in [0.1, 0.15) is 23.0 Å². The average molecular weight is 351 g/mol. The van der Waals surface area contributed by atoms with Crippen LogP contribution in [0.3, 0.4) is 0 Å². The summed E-state index contributed by atoms with van der Waals surface area (Å²) < 4.78 is 7.22. The fourth-order valence-electron chi connectivity index (χ4n) is 2.78. The second-order valence-corrected chi connectivity index (χ2v) is 5.87. The number of ether oxygens (including phenoxy) is 1. The first-order chi connectivity index (χ1) is 12.6. The predicted molar refractivity (Wildman–Crippen MR) is 101 cm³/mol. The van der Waals surface area contributed by atoms with Crippen molar-refractivity contribution in [1.29, 1.82) is 0 Å². The second kappa shape index (κ2) is 7.82. The van der Waals surface area contributed by atoms with Gasteiger partial charge in [0.25, 0.3) is 11.5 Å². The number of carbonyl (C=O) groups excluding carboxylic acids is 1. The Balaban J connectivity index is 1.68. The van der Waals surface area contributed by atoms with Crippen molar-refractivity contribution in [3.63, 3.8) is 0 Å². The van der Waals surface area contributed by atoms with E-state index >= 15 is 0 Å². The molecular formula is C20H21N3O3. The molecule has 134 valence electrons. The van der Waals surface area contributed by atoms with E-state index in [0.29, 0.717) is 36.5 Å². The highest BCUT2D eigenvalue weighted by Crippen LogP contribution is 2.13. The molecule has 1 amide bonds. The van der Waals surface area contributed by atoms with Crippen LogP contribution < -0.4 is 15.6 Å². The summed E-state index contributed by atoms with van der Waals surface area (Å²) >= 11 is 0. The number of para-hydroxylation sites is 1. The Labute approximate surface area is 151 Å². The van der Waals surface area contributed by atoms with Gasteiger partial charge in [0.2, 0.25) is 0 Å². The van der Waals surface area contributed by atoms with Crippen molar-refractivity contribution in [2.75, 3.05) is 13.2 Å². The maximum absolute atomic E-state index is 12.3. The SMILES string of the molecule is CCn1c(=O)c(C)nc2cc(C(=O)NCCOc3ccccc3)ccc21. The van der Waals surface area contributed by atoms with Crippen molar-refractivity contribution < 1.29 is 9.53 Å². The number of aryl methyl sites for hydroxylation is 2. The Morgan fingerprint density at radius 3 is 2.69 bits per heavy atom. The van der Waals surface area contributed by atoms with Gasteiger partial charge in [-0.25, -0.2) is 4.98 Å². The summed E-state index contributed by atoms with van der Waals surface area (Å²) in [6.07, 6.45) is 0. The average Bonchev–Trinajstić information content (AvgIpc) is 2.66. The molecule has 1 N–H and O–H groups in total. The van der Waals surface area contributed by atoms with Crippen molar-refractivity contribution in [3.8, 4) is 5.75 Å². The third kappa shape index (κ3) is 3.74. The van der Waals surface area contributed by atoms with Gasteiger partial charge in [-0.3, -0.25) is 9.59 Å². The summed E-state index contributed by atoms with van der Waals surface area (Å²) in [5.74, 6) is 0.571. The lowest BCUT2D eigenvalue weighted by Crippen LogP contribution is -2.28. The number of amides is 1. The van der Waals surface area contributed by atoms with E-state index in [4.69, 9.17) is 4.74 Å². The molecule has 0 bridgehead atoms. The van der Waals surface area contributed by atoms with E-state index in [-0.39, 0.29) is 11.5 Å². The highest BCUT2D eigenvalue weighted by molar-refractivity contribution is 5.97. The Hall–Kier alpha value is -3.15. The van der Waals surface area contributed by atoms with E-state index in [1.807, 2.05) is 37.3 Å². The molecule has 1 heterocycles. The molecule has 0 spiro atoms. The summed E-state index contributed by atoms with van der Waals surface area (Å²) in [5.41, 5.74) is 2.19. The molecular weight excluding hydrogens is 330 g/mol. The number of hydrogen-bond donors (Lipinski definition) is 1. The number of nitrogens with one attached hydrogen (secondary N) is 1. The van der Waals surface area contributed by atoms with Crippen molar-refractivity contribution in [1.82, 2.24) is 14.9 Å². The quantitative estimate of drug-likeness (QED) is 0.693. The normalized spacial score (nSPS) is 10.7. The van der Waals surface area contributed by atoms with Gasteiger partial charge in [-0.2, -0.15) is 0 Å². The number of rotatable bonds is 6. The summed E-state index contributed by atoms with van der Waals surface area (Å²) in [6, 6.07) is 14.6. The van der Waals surface area contributed by atoms with Gasteiger partial charge in [0, 0.05) is 12.1 Å². The lowest BCUT2D eigenvalue weighted by Gasteiger charge is -2.11. The number of aromatic nitrogens is 2. The maximum Gasteiger partial charge on any atom is 0.272 e. The number of nitrogens with zero attached hydrogens (tertiary/aromatic N) is 2. The standard InChI is InChI=1S/C20H21N3O3/c1-3-23-18-10-9-15(13-17(18)22-14(2)20(23)25)19(24)21-11-12-26-16-7-5-4-6-8-16/h4-10,13H,3,11-12H2,1-2H3,(H,21,24). The highest BCUT2D eigenvalue weighted by atomic mass is 16.5. The van der Waals surface area contributed by atoms with Crippen LogP contribution in [0.5, 0.6) is 5.75 Å². The van der Waals surface area contributed by atoms with E-state index in [2.05, 4.69) is 10.3 Å². The molecule has 0 aliphatic heterocycles. The van der Waals surface area contributed by atoms with Crippen LogP contribution in [0.4, 0.5) is 0 Å². The minimum absolute atomic E-state index is 0.102. The summed E-state index contributed by atoms with van der Waals surface area (Å²) in [4.78, 5) is 28.8. The zero-order valence-corrected chi connectivity index (χ0v) is 14.9. The smallest absolute Gasteiger partial charge is 0.272 e. The Morgan fingerprint density at radius 2 is 1.96 bits per heavy atom. The minimum atomic E-state index is -0.197. The molecule has 0 fully saturated rings. The first kappa shape index (κ1) is 17.7. The van der Waals surface area contributed by atoms with E-state index in [0.717, 1.165) is 11.3 Å². The van der Waals surface area contributed by atoms with Crippen LogP contribution in [-0.2, 0) is 6.54 Å². The molecule has 0 aliphatic rings. The molecule has 3 aromatic rings.